The van der Waals surface area contributed by atoms with Gasteiger partial charge in [0.05, 0.1) is 13.2 Å². The van der Waals surface area contributed by atoms with Gasteiger partial charge in [0.15, 0.2) is 0 Å². The van der Waals surface area contributed by atoms with E-state index in [1.165, 1.54) is 10.1 Å². The average Bonchev–Trinajstić information content (AvgIpc) is 2.95. The molecule has 0 radical (unpaired) electrons. The molecule has 1 fully saturated rings. The van der Waals surface area contributed by atoms with Crippen molar-refractivity contribution in [3.63, 3.8) is 0 Å². The van der Waals surface area contributed by atoms with Crippen LogP contribution < -0.4 is 10.6 Å². The Labute approximate surface area is 122 Å². The van der Waals surface area contributed by atoms with Gasteiger partial charge in [-0.2, -0.15) is 0 Å². The third-order valence-corrected chi connectivity index (χ3v) is 4.48. The number of ether oxygens (including phenoxy) is 1. The second-order valence-electron chi connectivity index (χ2n) is 5.13. The van der Waals surface area contributed by atoms with Gasteiger partial charge in [0.25, 0.3) is 0 Å². The predicted octanol–water partition coefficient (Wildman–Crippen LogP) is 1.51. The Morgan fingerprint density at radius 1 is 1.35 bits per heavy atom. The van der Waals surface area contributed by atoms with E-state index in [0.29, 0.717) is 19.3 Å². The Bertz CT molecular complexity index is 552. The monoisotopic (exact) mass is 292 g/mol. The maximum Gasteiger partial charge on any atom is 0.102 e. The van der Waals surface area contributed by atoms with Crippen molar-refractivity contribution in [1.82, 2.24) is 10.6 Å². The van der Waals surface area contributed by atoms with Crippen LogP contribution in [0.2, 0.25) is 0 Å². The molecule has 2 atom stereocenters. The summed E-state index contributed by atoms with van der Waals surface area (Å²) in [5.74, 6) is 0. The van der Waals surface area contributed by atoms with Crippen molar-refractivity contribution in [2.24, 2.45) is 0 Å². The Hall–Kier alpha value is -0.980. The van der Waals surface area contributed by atoms with E-state index < -0.39 is 6.10 Å². The summed E-state index contributed by atoms with van der Waals surface area (Å²) < 4.78 is 6.88. The smallest absolute Gasteiger partial charge is 0.102 e. The molecule has 2 heterocycles. The zero-order valence-corrected chi connectivity index (χ0v) is 12.2. The molecular formula is C15H20N2O2S. The van der Waals surface area contributed by atoms with Gasteiger partial charge in [0, 0.05) is 30.4 Å². The fraction of sp³-hybridized carbons (Fsp3) is 0.467. The first-order chi connectivity index (χ1) is 9.83. The number of aliphatic hydroxyl groups excluding tert-OH is 1. The molecule has 1 aromatic carbocycles. The number of piperazine rings is 1. The minimum absolute atomic E-state index is 0.341. The van der Waals surface area contributed by atoms with E-state index in [-0.39, 0.29) is 0 Å². The SMILES string of the molecule is OC(COCC1CNCCN1)c1ccc2sccc2c1. The van der Waals surface area contributed by atoms with E-state index in [4.69, 9.17) is 4.74 Å². The zero-order valence-electron chi connectivity index (χ0n) is 11.3. The van der Waals surface area contributed by atoms with Gasteiger partial charge in [-0.1, -0.05) is 6.07 Å². The molecule has 2 unspecified atom stereocenters. The van der Waals surface area contributed by atoms with Gasteiger partial charge in [-0.15, -0.1) is 11.3 Å². The highest BCUT2D eigenvalue weighted by Gasteiger charge is 2.14. The van der Waals surface area contributed by atoms with Gasteiger partial charge in [-0.05, 0) is 34.5 Å². The Balaban J connectivity index is 1.51. The Morgan fingerprint density at radius 2 is 2.30 bits per heavy atom. The van der Waals surface area contributed by atoms with Gasteiger partial charge >= 0.3 is 0 Å². The largest absolute Gasteiger partial charge is 0.386 e. The lowest BCUT2D eigenvalue weighted by Gasteiger charge is -2.24. The lowest BCUT2D eigenvalue weighted by molar-refractivity contribution is 0.0252. The minimum atomic E-state index is -0.559. The van der Waals surface area contributed by atoms with Crippen LogP contribution in [0.1, 0.15) is 11.7 Å². The number of hydrogen-bond donors (Lipinski definition) is 3. The number of benzene rings is 1. The predicted molar refractivity (Wildman–Crippen MR) is 82.3 cm³/mol. The first kappa shape index (κ1) is 14.0. The van der Waals surface area contributed by atoms with Gasteiger partial charge < -0.3 is 20.5 Å². The fourth-order valence-corrected chi connectivity index (χ4v) is 3.21. The van der Waals surface area contributed by atoms with Crippen LogP contribution in [0, 0.1) is 0 Å². The molecular weight excluding hydrogens is 272 g/mol. The first-order valence-electron chi connectivity index (χ1n) is 7.00. The van der Waals surface area contributed by atoms with Crippen molar-refractivity contribution in [2.75, 3.05) is 32.8 Å². The minimum Gasteiger partial charge on any atom is -0.386 e. The molecule has 0 amide bonds. The average molecular weight is 292 g/mol. The van der Waals surface area contributed by atoms with Crippen LogP contribution in [-0.2, 0) is 4.74 Å². The molecule has 1 aromatic heterocycles. The third kappa shape index (κ3) is 3.37. The molecule has 20 heavy (non-hydrogen) atoms. The van der Waals surface area contributed by atoms with Crippen molar-refractivity contribution in [3.8, 4) is 0 Å². The summed E-state index contributed by atoms with van der Waals surface area (Å²) >= 11 is 1.72. The lowest BCUT2D eigenvalue weighted by atomic mass is 10.1. The Morgan fingerprint density at radius 3 is 3.15 bits per heavy atom. The normalized spacial score (nSPS) is 21.1. The van der Waals surface area contributed by atoms with Crippen LogP contribution in [0.3, 0.4) is 0 Å². The van der Waals surface area contributed by atoms with Gasteiger partial charge in [0.2, 0.25) is 0 Å². The van der Waals surface area contributed by atoms with Crippen molar-refractivity contribution in [2.45, 2.75) is 12.1 Å². The Kier molecular flexibility index (Phi) is 4.65. The van der Waals surface area contributed by atoms with Crippen molar-refractivity contribution >= 4 is 21.4 Å². The van der Waals surface area contributed by atoms with Crippen LogP contribution in [0.15, 0.2) is 29.6 Å². The van der Waals surface area contributed by atoms with E-state index in [0.717, 1.165) is 25.2 Å². The number of hydrogen-bond acceptors (Lipinski definition) is 5. The van der Waals surface area contributed by atoms with Crippen LogP contribution in [-0.4, -0.2) is 44.0 Å². The summed E-state index contributed by atoms with van der Waals surface area (Å²) in [5.41, 5.74) is 0.922. The fourth-order valence-electron chi connectivity index (χ4n) is 2.44. The summed E-state index contributed by atoms with van der Waals surface area (Å²) in [6, 6.07) is 8.50. The summed E-state index contributed by atoms with van der Waals surface area (Å²) in [4.78, 5) is 0. The van der Waals surface area contributed by atoms with Gasteiger partial charge in [-0.3, -0.25) is 0 Å². The van der Waals surface area contributed by atoms with Crippen LogP contribution in [0.5, 0.6) is 0 Å². The molecule has 2 aromatic rings. The van der Waals surface area contributed by atoms with Gasteiger partial charge in [0.1, 0.15) is 6.10 Å². The molecule has 1 aliphatic rings. The highest BCUT2D eigenvalue weighted by atomic mass is 32.1. The summed E-state index contributed by atoms with van der Waals surface area (Å²) in [5, 5.41) is 20.1. The standard InChI is InChI=1S/C15H20N2O2S/c18-14(10-19-9-13-8-16-4-5-17-13)11-1-2-15-12(7-11)3-6-20-15/h1-3,6-7,13-14,16-18H,4-5,8-10H2. The van der Waals surface area contributed by atoms with E-state index in [1.807, 2.05) is 12.1 Å². The molecule has 0 saturated carbocycles. The molecule has 3 rings (SSSR count). The van der Waals surface area contributed by atoms with E-state index in [1.54, 1.807) is 11.3 Å². The highest BCUT2D eigenvalue weighted by molar-refractivity contribution is 7.17. The molecule has 1 aliphatic heterocycles. The number of fused-ring (bicyclic) bond motifs is 1. The summed E-state index contributed by atoms with van der Waals surface area (Å²) in [6.45, 7) is 3.89. The summed E-state index contributed by atoms with van der Waals surface area (Å²) in [6.07, 6.45) is -0.559. The van der Waals surface area contributed by atoms with Crippen LogP contribution >= 0.6 is 11.3 Å². The zero-order chi connectivity index (χ0) is 13.8. The number of aliphatic hydroxyl groups is 1. The van der Waals surface area contributed by atoms with Crippen molar-refractivity contribution < 1.29 is 9.84 Å². The quantitative estimate of drug-likeness (QED) is 0.782. The van der Waals surface area contributed by atoms with Crippen molar-refractivity contribution in [3.05, 3.63) is 35.2 Å². The van der Waals surface area contributed by atoms with Crippen LogP contribution in [0.25, 0.3) is 10.1 Å². The summed E-state index contributed by atoms with van der Waals surface area (Å²) in [7, 11) is 0. The molecule has 108 valence electrons. The maximum absolute atomic E-state index is 10.2. The second kappa shape index (κ2) is 6.65. The van der Waals surface area contributed by atoms with E-state index >= 15 is 0 Å². The number of thiophene rings is 1. The topological polar surface area (TPSA) is 53.5 Å². The molecule has 0 spiro atoms. The van der Waals surface area contributed by atoms with Gasteiger partial charge in [-0.25, -0.2) is 0 Å². The highest BCUT2D eigenvalue weighted by Crippen LogP contribution is 2.24. The number of nitrogens with one attached hydrogen (secondary N) is 2. The molecule has 5 heteroatoms. The molecule has 0 bridgehead atoms. The third-order valence-electron chi connectivity index (χ3n) is 3.58. The number of rotatable bonds is 5. The molecule has 1 saturated heterocycles. The lowest BCUT2D eigenvalue weighted by Crippen LogP contribution is -2.50. The second-order valence-corrected chi connectivity index (χ2v) is 6.07. The molecule has 4 nitrogen and oxygen atoms in total. The molecule has 3 N–H and O–H groups in total. The maximum atomic E-state index is 10.2. The van der Waals surface area contributed by atoms with E-state index in [9.17, 15) is 5.11 Å². The van der Waals surface area contributed by atoms with E-state index in [2.05, 4.69) is 28.1 Å². The van der Waals surface area contributed by atoms with Crippen molar-refractivity contribution in [1.29, 1.82) is 0 Å². The first-order valence-corrected chi connectivity index (χ1v) is 7.88. The van der Waals surface area contributed by atoms with Crippen LogP contribution in [0.4, 0.5) is 0 Å². The molecule has 0 aliphatic carbocycles.